The molecule has 0 aliphatic heterocycles. The Bertz CT molecular complexity index is 1070. The van der Waals surface area contributed by atoms with E-state index in [9.17, 15) is 4.79 Å². The van der Waals surface area contributed by atoms with Crippen LogP contribution in [0.1, 0.15) is 16.1 Å². The van der Waals surface area contributed by atoms with Gasteiger partial charge in [0.15, 0.2) is 5.13 Å². The molecule has 140 valence electrons. The number of thiazole rings is 2. The van der Waals surface area contributed by atoms with E-state index in [1.807, 2.05) is 54.0 Å². The van der Waals surface area contributed by atoms with Crippen molar-refractivity contribution in [3.63, 3.8) is 0 Å². The monoisotopic (exact) mass is 425 g/mol. The van der Waals surface area contributed by atoms with E-state index < -0.39 is 0 Å². The average molecular weight is 426 g/mol. The van der Waals surface area contributed by atoms with Gasteiger partial charge in [0.25, 0.3) is 0 Å². The van der Waals surface area contributed by atoms with Gasteiger partial charge >= 0.3 is 0 Å². The Kier molecular flexibility index (Phi) is 5.81. The number of benzene rings is 2. The first kappa shape index (κ1) is 18.8. The van der Waals surface area contributed by atoms with Crippen molar-refractivity contribution in [2.24, 2.45) is 0 Å². The molecule has 4 aromatic rings. The molecule has 7 heteroatoms. The summed E-state index contributed by atoms with van der Waals surface area (Å²) in [7, 11) is 0. The molecule has 4 nitrogen and oxygen atoms in total. The summed E-state index contributed by atoms with van der Waals surface area (Å²) in [6.07, 6.45) is 2.84. The van der Waals surface area contributed by atoms with Crippen LogP contribution in [-0.2, 0) is 17.6 Å². The number of carbonyl (C=O) groups excluding carboxylic acids is 1. The molecule has 0 atom stereocenters. The second-order valence-electron chi connectivity index (χ2n) is 6.17. The van der Waals surface area contributed by atoms with Crippen LogP contribution in [0.2, 0.25) is 5.02 Å². The molecule has 0 fully saturated rings. The molecule has 0 unspecified atom stereocenters. The van der Waals surface area contributed by atoms with Crippen molar-refractivity contribution >= 4 is 45.3 Å². The summed E-state index contributed by atoms with van der Waals surface area (Å²) < 4.78 is 0. The second kappa shape index (κ2) is 8.65. The van der Waals surface area contributed by atoms with Gasteiger partial charge in [0.1, 0.15) is 5.01 Å². The summed E-state index contributed by atoms with van der Waals surface area (Å²) in [5.41, 5.74) is 2.96. The van der Waals surface area contributed by atoms with Crippen LogP contribution < -0.4 is 5.32 Å². The fourth-order valence-electron chi connectivity index (χ4n) is 2.69. The molecule has 0 saturated carbocycles. The minimum absolute atomic E-state index is 0.117. The third-order valence-corrected chi connectivity index (χ3v) is 6.11. The number of amides is 1. The maximum absolute atomic E-state index is 12.3. The van der Waals surface area contributed by atoms with E-state index >= 15 is 0 Å². The Morgan fingerprint density at radius 3 is 2.64 bits per heavy atom. The first-order valence-corrected chi connectivity index (χ1v) is 10.7. The third-order valence-electron chi connectivity index (χ3n) is 4.01. The second-order valence-corrected chi connectivity index (χ2v) is 8.58. The molecule has 0 saturated heterocycles. The minimum atomic E-state index is -0.117. The Hall–Kier alpha value is -2.54. The van der Waals surface area contributed by atoms with Crippen LogP contribution >= 0.6 is 34.3 Å². The lowest BCUT2D eigenvalue weighted by Crippen LogP contribution is -2.14. The van der Waals surface area contributed by atoms with Gasteiger partial charge in [-0.2, -0.15) is 0 Å². The number of nitrogens with zero attached hydrogens (tertiary/aromatic N) is 2. The first-order chi connectivity index (χ1) is 13.7. The van der Waals surface area contributed by atoms with Crippen LogP contribution in [-0.4, -0.2) is 15.9 Å². The Morgan fingerprint density at radius 1 is 1.07 bits per heavy atom. The highest BCUT2D eigenvalue weighted by atomic mass is 35.5. The summed E-state index contributed by atoms with van der Waals surface area (Å²) >= 11 is 8.93. The molecule has 2 heterocycles. The third kappa shape index (κ3) is 4.84. The van der Waals surface area contributed by atoms with Crippen LogP contribution in [0.5, 0.6) is 0 Å². The number of anilines is 1. The SMILES string of the molecule is O=C(Cc1csc(-c2ccc(Cl)cc2)n1)Nc1ncc(Cc2ccccc2)s1. The minimum Gasteiger partial charge on any atom is -0.302 e. The molecule has 28 heavy (non-hydrogen) atoms. The van der Waals surface area contributed by atoms with Crippen LogP contribution in [0.25, 0.3) is 10.6 Å². The van der Waals surface area contributed by atoms with E-state index in [4.69, 9.17) is 11.6 Å². The van der Waals surface area contributed by atoms with E-state index in [2.05, 4.69) is 27.4 Å². The van der Waals surface area contributed by atoms with Crippen molar-refractivity contribution in [3.8, 4) is 10.6 Å². The molecule has 1 N–H and O–H groups in total. The molecule has 0 aliphatic carbocycles. The van der Waals surface area contributed by atoms with Crippen molar-refractivity contribution < 1.29 is 4.79 Å². The molecule has 1 amide bonds. The average Bonchev–Trinajstić information content (AvgIpc) is 3.33. The molecular formula is C21H16ClN3OS2. The highest BCUT2D eigenvalue weighted by molar-refractivity contribution is 7.15. The van der Waals surface area contributed by atoms with Crippen LogP contribution in [0.15, 0.2) is 66.2 Å². The highest BCUT2D eigenvalue weighted by Crippen LogP contribution is 2.26. The maximum Gasteiger partial charge on any atom is 0.232 e. The largest absolute Gasteiger partial charge is 0.302 e. The van der Waals surface area contributed by atoms with Crippen molar-refractivity contribution in [2.45, 2.75) is 12.8 Å². The van der Waals surface area contributed by atoms with Crippen molar-refractivity contribution in [3.05, 3.63) is 87.3 Å². The lowest BCUT2D eigenvalue weighted by atomic mass is 10.1. The fraction of sp³-hybridized carbons (Fsp3) is 0.0952. The molecule has 0 spiro atoms. The highest BCUT2D eigenvalue weighted by Gasteiger charge is 2.11. The van der Waals surface area contributed by atoms with Crippen LogP contribution in [0, 0.1) is 0 Å². The van der Waals surface area contributed by atoms with Gasteiger partial charge in [-0.05, 0) is 17.7 Å². The molecule has 2 aromatic carbocycles. The number of nitrogens with one attached hydrogen (secondary N) is 1. The van der Waals surface area contributed by atoms with Gasteiger partial charge in [0.2, 0.25) is 5.91 Å². The van der Waals surface area contributed by atoms with E-state index in [0.29, 0.717) is 10.2 Å². The standard InChI is InChI=1S/C21H16ClN3OS2/c22-16-8-6-15(7-9-16)20-24-17(13-27-20)11-19(26)25-21-23-12-18(28-21)10-14-4-2-1-3-5-14/h1-9,12-13H,10-11H2,(H,23,25,26). The summed E-state index contributed by atoms with van der Waals surface area (Å²) in [4.78, 5) is 22.3. The van der Waals surface area contributed by atoms with Crippen LogP contribution in [0.3, 0.4) is 0 Å². The van der Waals surface area contributed by atoms with E-state index in [1.54, 1.807) is 0 Å². The van der Waals surface area contributed by atoms with E-state index in [0.717, 1.165) is 27.6 Å². The predicted octanol–water partition coefficient (Wildman–Crippen LogP) is 5.69. The summed E-state index contributed by atoms with van der Waals surface area (Å²) in [5.74, 6) is -0.117. The molecule has 0 aliphatic rings. The van der Waals surface area contributed by atoms with Crippen molar-refractivity contribution in [2.75, 3.05) is 5.32 Å². The van der Waals surface area contributed by atoms with Gasteiger partial charge in [-0.15, -0.1) is 22.7 Å². The molecule has 0 radical (unpaired) electrons. The Labute approximate surface area is 175 Å². The van der Waals surface area contributed by atoms with Crippen molar-refractivity contribution in [1.82, 2.24) is 9.97 Å². The van der Waals surface area contributed by atoms with E-state index in [1.165, 1.54) is 28.2 Å². The number of carbonyl (C=O) groups is 1. The van der Waals surface area contributed by atoms with E-state index in [-0.39, 0.29) is 12.3 Å². The number of hydrogen-bond acceptors (Lipinski definition) is 5. The maximum atomic E-state index is 12.3. The molecule has 2 aromatic heterocycles. The number of aromatic nitrogens is 2. The van der Waals surface area contributed by atoms with Crippen molar-refractivity contribution in [1.29, 1.82) is 0 Å². The number of rotatable bonds is 6. The number of hydrogen-bond donors (Lipinski definition) is 1. The lowest BCUT2D eigenvalue weighted by Gasteiger charge is -2.00. The smallest absolute Gasteiger partial charge is 0.232 e. The quantitative estimate of drug-likeness (QED) is 0.431. The normalized spacial score (nSPS) is 10.8. The fourth-order valence-corrected chi connectivity index (χ4v) is 4.50. The number of halogens is 1. The van der Waals surface area contributed by atoms with Gasteiger partial charge < -0.3 is 5.32 Å². The Balaban J connectivity index is 1.35. The van der Waals surface area contributed by atoms with Gasteiger partial charge in [-0.3, -0.25) is 4.79 Å². The zero-order valence-corrected chi connectivity index (χ0v) is 17.2. The Morgan fingerprint density at radius 2 is 1.86 bits per heavy atom. The zero-order chi connectivity index (χ0) is 19.3. The molecule has 0 bridgehead atoms. The molecular weight excluding hydrogens is 410 g/mol. The topological polar surface area (TPSA) is 54.9 Å². The zero-order valence-electron chi connectivity index (χ0n) is 14.8. The molecule has 4 rings (SSSR count). The summed E-state index contributed by atoms with van der Waals surface area (Å²) in [5, 5.41) is 6.96. The predicted molar refractivity (Wildman–Crippen MR) is 116 cm³/mol. The summed E-state index contributed by atoms with van der Waals surface area (Å²) in [6, 6.07) is 17.7. The van der Waals surface area contributed by atoms with Crippen LogP contribution in [0.4, 0.5) is 5.13 Å². The van der Waals surface area contributed by atoms with Gasteiger partial charge in [0, 0.05) is 33.5 Å². The van der Waals surface area contributed by atoms with Gasteiger partial charge in [-0.1, -0.05) is 54.1 Å². The van der Waals surface area contributed by atoms with Gasteiger partial charge in [0.05, 0.1) is 12.1 Å². The first-order valence-electron chi connectivity index (χ1n) is 8.64. The lowest BCUT2D eigenvalue weighted by molar-refractivity contribution is -0.115. The summed E-state index contributed by atoms with van der Waals surface area (Å²) in [6.45, 7) is 0. The van der Waals surface area contributed by atoms with Gasteiger partial charge in [-0.25, -0.2) is 9.97 Å².